The van der Waals surface area contributed by atoms with Gasteiger partial charge in [0, 0.05) is 31.3 Å². The van der Waals surface area contributed by atoms with Crippen molar-refractivity contribution in [2.24, 2.45) is 5.92 Å². The van der Waals surface area contributed by atoms with Gasteiger partial charge in [-0.2, -0.15) is 0 Å². The number of benzene rings is 1. The number of ketones is 1. The van der Waals surface area contributed by atoms with Crippen molar-refractivity contribution in [3.05, 3.63) is 47.8 Å². The first-order valence-electron chi connectivity index (χ1n) is 20.7. The lowest BCUT2D eigenvalue weighted by atomic mass is 9.83. The summed E-state index contributed by atoms with van der Waals surface area (Å²) in [5.74, 6) is -3.02. The van der Waals surface area contributed by atoms with Crippen molar-refractivity contribution in [1.29, 1.82) is 0 Å². The zero-order valence-corrected chi connectivity index (χ0v) is 34.9. The molecule has 1 saturated carbocycles. The molecule has 3 aliphatic rings. The first-order chi connectivity index (χ1) is 27.2. The molecule has 2 bridgehead atoms. The summed E-state index contributed by atoms with van der Waals surface area (Å²) < 4.78 is 5.54. The summed E-state index contributed by atoms with van der Waals surface area (Å²) in [4.78, 5) is 83.1. The fraction of sp³-hybridized carbons (Fsp3) is 0.643. The molecule has 0 saturated heterocycles. The highest BCUT2D eigenvalue weighted by atomic mass is 32.1. The van der Waals surface area contributed by atoms with Gasteiger partial charge < -0.3 is 41.5 Å². The van der Waals surface area contributed by atoms with Gasteiger partial charge in [-0.3, -0.25) is 24.0 Å². The Kier molecular flexibility index (Phi) is 17.8. The number of hydrogen-bond acceptors (Lipinski definition) is 10. The first-order valence-corrected chi connectivity index (χ1v) is 21.1. The minimum atomic E-state index is -1.09. The Bertz CT molecular complexity index is 1590. The SMILES string of the molecule is CCCC(NC(=O)C1CC2=CN(CCCCCCCC(=O)N[C@@H](C3CCCCC3)C(=O)N1)CN2)C(=O)C(=S)NCC(=O)NC(C(=O)OC(C)(C)C)c1ccccc1. The van der Waals surface area contributed by atoms with Gasteiger partial charge in [0.15, 0.2) is 6.04 Å². The van der Waals surface area contributed by atoms with Crippen LogP contribution in [-0.2, 0) is 33.5 Å². The second kappa shape index (κ2) is 22.4. The number of carbonyl (C=O) groups excluding carboxylic acids is 6. The topological polar surface area (TPSA) is 187 Å². The molecule has 14 nitrogen and oxygen atoms in total. The zero-order valence-electron chi connectivity index (χ0n) is 34.1. The lowest BCUT2D eigenvalue weighted by Crippen LogP contribution is -2.58. The van der Waals surface area contributed by atoms with Crippen LogP contribution in [-0.4, -0.2) is 88.8 Å². The molecule has 57 heavy (non-hydrogen) atoms. The molecule has 4 atom stereocenters. The largest absolute Gasteiger partial charge is 0.458 e. The Balaban J connectivity index is 1.46. The molecular weight excluding hydrogens is 747 g/mol. The van der Waals surface area contributed by atoms with E-state index in [1.165, 1.54) is 0 Å². The van der Waals surface area contributed by atoms with E-state index in [1.54, 1.807) is 51.1 Å². The van der Waals surface area contributed by atoms with Gasteiger partial charge in [-0.1, -0.05) is 94.4 Å². The van der Waals surface area contributed by atoms with Crippen molar-refractivity contribution < 1.29 is 33.5 Å². The molecule has 6 N–H and O–H groups in total. The van der Waals surface area contributed by atoms with E-state index in [4.69, 9.17) is 17.0 Å². The predicted octanol–water partition coefficient (Wildman–Crippen LogP) is 3.95. The number of hydrogen-bond donors (Lipinski definition) is 6. The van der Waals surface area contributed by atoms with Crippen molar-refractivity contribution in [2.75, 3.05) is 19.8 Å². The van der Waals surface area contributed by atoms with Crippen molar-refractivity contribution in [3.8, 4) is 0 Å². The van der Waals surface area contributed by atoms with E-state index in [0.29, 0.717) is 25.1 Å². The van der Waals surface area contributed by atoms with E-state index in [2.05, 4.69) is 36.8 Å². The monoisotopic (exact) mass is 809 g/mol. The van der Waals surface area contributed by atoms with Crippen LogP contribution in [0.15, 0.2) is 42.2 Å². The van der Waals surface area contributed by atoms with Crippen LogP contribution in [0.25, 0.3) is 0 Å². The number of fused-ring (bicyclic) bond motifs is 1. The Hall–Kier alpha value is -4.53. The third-order valence-electron chi connectivity index (χ3n) is 10.4. The molecule has 314 valence electrons. The Morgan fingerprint density at radius 2 is 1.61 bits per heavy atom. The van der Waals surface area contributed by atoms with Crippen molar-refractivity contribution >= 4 is 52.6 Å². The molecule has 0 spiro atoms. The third kappa shape index (κ3) is 15.1. The quantitative estimate of drug-likeness (QED) is 0.133. The number of amides is 4. The second-order valence-corrected chi connectivity index (χ2v) is 16.8. The van der Waals surface area contributed by atoms with Crippen molar-refractivity contribution in [3.63, 3.8) is 0 Å². The first kappa shape index (κ1) is 45.2. The maximum atomic E-state index is 14.1. The summed E-state index contributed by atoms with van der Waals surface area (Å²) in [6.45, 7) is 8.09. The van der Waals surface area contributed by atoms with E-state index in [1.807, 2.05) is 13.1 Å². The lowest BCUT2D eigenvalue weighted by molar-refractivity contribution is -0.158. The number of nitrogens with zero attached hydrogens (tertiary/aromatic N) is 1. The highest BCUT2D eigenvalue weighted by Gasteiger charge is 2.36. The summed E-state index contributed by atoms with van der Waals surface area (Å²) in [5, 5.41) is 17.5. The number of carbonyl (C=O) groups is 6. The lowest BCUT2D eigenvalue weighted by Gasteiger charge is -2.31. The Morgan fingerprint density at radius 3 is 2.32 bits per heavy atom. The van der Waals surface area contributed by atoms with Crippen LogP contribution in [0, 0.1) is 5.92 Å². The molecule has 0 aromatic heterocycles. The van der Waals surface area contributed by atoms with Gasteiger partial charge >= 0.3 is 5.97 Å². The molecule has 2 heterocycles. The normalized spacial score (nSPS) is 21.3. The molecule has 1 aliphatic carbocycles. The Labute approximate surface area is 342 Å². The van der Waals surface area contributed by atoms with Gasteiger partial charge in [-0.05, 0) is 64.4 Å². The molecule has 4 amide bonds. The van der Waals surface area contributed by atoms with Crippen LogP contribution >= 0.6 is 12.2 Å². The maximum Gasteiger partial charge on any atom is 0.333 e. The van der Waals surface area contributed by atoms with E-state index in [-0.39, 0.29) is 29.7 Å². The minimum absolute atomic E-state index is 0.0463. The van der Waals surface area contributed by atoms with Crippen LogP contribution in [0.3, 0.4) is 0 Å². The summed E-state index contributed by atoms with van der Waals surface area (Å²) in [7, 11) is 0. The van der Waals surface area contributed by atoms with E-state index >= 15 is 0 Å². The highest BCUT2D eigenvalue weighted by Crippen LogP contribution is 2.27. The van der Waals surface area contributed by atoms with Gasteiger partial charge in [0.05, 0.1) is 19.3 Å². The zero-order chi connectivity index (χ0) is 41.4. The smallest absolute Gasteiger partial charge is 0.333 e. The van der Waals surface area contributed by atoms with E-state index < -0.39 is 65.8 Å². The molecule has 3 unspecified atom stereocenters. The average molecular weight is 810 g/mol. The average Bonchev–Trinajstić information content (AvgIpc) is 3.63. The van der Waals surface area contributed by atoms with Crippen LogP contribution in [0.2, 0.25) is 0 Å². The minimum Gasteiger partial charge on any atom is -0.458 e. The number of nitrogens with one attached hydrogen (secondary N) is 6. The predicted molar refractivity (Wildman–Crippen MR) is 221 cm³/mol. The van der Waals surface area contributed by atoms with Gasteiger partial charge in [-0.15, -0.1) is 0 Å². The number of rotatable bonds is 12. The van der Waals surface area contributed by atoms with Crippen LogP contribution in [0.4, 0.5) is 0 Å². The molecule has 1 fully saturated rings. The molecule has 1 aromatic carbocycles. The third-order valence-corrected chi connectivity index (χ3v) is 10.7. The molecule has 15 heteroatoms. The summed E-state index contributed by atoms with van der Waals surface area (Å²) >= 11 is 5.42. The van der Waals surface area contributed by atoms with Crippen molar-refractivity contribution in [2.45, 2.75) is 147 Å². The van der Waals surface area contributed by atoms with Crippen LogP contribution in [0.5, 0.6) is 0 Å². The highest BCUT2D eigenvalue weighted by molar-refractivity contribution is 7.82. The number of thiocarbonyl (C=S) groups is 1. The summed E-state index contributed by atoms with van der Waals surface area (Å²) in [6, 6.07) is 4.72. The van der Waals surface area contributed by atoms with Crippen LogP contribution in [0.1, 0.15) is 129 Å². The van der Waals surface area contributed by atoms with Gasteiger partial charge in [0.1, 0.15) is 22.7 Å². The van der Waals surface area contributed by atoms with Crippen molar-refractivity contribution in [1.82, 2.24) is 36.8 Å². The molecule has 4 rings (SSSR count). The summed E-state index contributed by atoms with van der Waals surface area (Å²) in [5.41, 5.74) is 0.518. The van der Waals surface area contributed by atoms with Crippen LogP contribution < -0.4 is 31.9 Å². The number of esters is 1. The molecule has 2 aliphatic heterocycles. The van der Waals surface area contributed by atoms with E-state index in [0.717, 1.165) is 76.5 Å². The fourth-order valence-electron chi connectivity index (χ4n) is 7.45. The van der Waals surface area contributed by atoms with Gasteiger partial charge in [0.25, 0.3) is 0 Å². The molecule has 0 radical (unpaired) electrons. The fourth-order valence-corrected chi connectivity index (χ4v) is 7.66. The van der Waals surface area contributed by atoms with E-state index in [9.17, 15) is 28.8 Å². The van der Waals surface area contributed by atoms with Gasteiger partial charge in [0.2, 0.25) is 29.4 Å². The number of Topliss-reactive ketones (excluding diaryl/α,β-unsaturated/α-hetero) is 1. The Morgan fingerprint density at radius 1 is 0.930 bits per heavy atom. The second-order valence-electron chi connectivity index (χ2n) is 16.4. The molecule has 1 aromatic rings. The summed E-state index contributed by atoms with van der Waals surface area (Å²) in [6.07, 6.45) is 12.7. The standard InChI is InChI=1S/C42H63N7O7S/c1-5-17-31(37(52)40(57)43-25-34(51)48-36(29-20-13-10-14-21-29)41(55)56-42(2,3)4)45-38(53)32-24-30-26-49(27-44-30)23-16-8-6-7-15-22-33(50)47-35(39(54)46-32)28-18-11-9-12-19-28/h10,13-14,20-21,26,28,31-32,35-36,44H,5-9,11-12,15-19,22-25,27H2,1-4H3,(H,43,57)(H,45,53)(H,46,54)(H,47,50)(H,48,51)/t31?,32?,35-,36?/m0/s1. The number of ether oxygens (including phenoxy) is 1. The molecular formula is C42H63N7O7S. The van der Waals surface area contributed by atoms with Gasteiger partial charge in [-0.25, -0.2) is 4.79 Å². The maximum absolute atomic E-state index is 14.1.